The first-order chi connectivity index (χ1) is 10.8. The number of methoxy groups -OCH3 is 1. The number of benzene rings is 1. The highest BCUT2D eigenvalue weighted by Crippen LogP contribution is 2.16. The van der Waals surface area contributed by atoms with E-state index in [0.717, 1.165) is 6.26 Å². The van der Waals surface area contributed by atoms with Crippen LogP contribution in [0.15, 0.2) is 24.3 Å². The minimum atomic E-state index is -3.34. The van der Waals surface area contributed by atoms with Gasteiger partial charge in [-0.1, -0.05) is 19.1 Å². The monoisotopic (exact) mass is 342 g/mol. The van der Waals surface area contributed by atoms with E-state index in [1.807, 2.05) is 6.92 Å². The maximum atomic E-state index is 12.0. The number of nitrogens with one attached hydrogen (secondary N) is 1. The van der Waals surface area contributed by atoms with Crippen LogP contribution in [0.3, 0.4) is 0 Å². The summed E-state index contributed by atoms with van der Waals surface area (Å²) in [5.74, 6) is -0.921. The van der Waals surface area contributed by atoms with E-state index in [2.05, 4.69) is 10.1 Å². The Labute approximate surface area is 136 Å². The van der Waals surface area contributed by atoms with Crippen molar-refractivity contribution >= 4 is 27.6 Å². The van der Waals surface area contributed by atoms with Crippen molar-refractivity contribution in [3.05, 3.63) is 29.8 Å². The van der Waals surface area contributed by atoms with Crippen molar-refractivity contribution in [1.29, 1.82) is 0 Å². The highest BCUT2D eigenvalue weighted by atomic mass is 32.2. The van der Waals surface area contributed by atoms with Crippen LogP contribution < -0.4 is 5.32 Å². The Balaban J connectivity index is 2.72. The molecule has 1 N–H and O–H groups in total. The van der Waals surface area contributed by atoms with E-state index in [9.17, 15) is 18.0 Å². The van der Waals surface area contributed by atoms with Gasteiger partial charge in [0.05, 0.1) is 24.6 Å². The Morgan fingerprint density at radius 1 is 1.22 bits per heavy atom. The molecule has 0 aliphatic rings. The second-order valence-electron chi connectivity index (χ2n) is 5.00. The zero-order chi connectivity index (χ0) is 17.5. The van der Waals surface area contributed by atoms with Gasteiger partial charge in [0, 0.05) is 19.5 Å². The van der Waals surface area contributed by atoms with Gasteiger partial charge < -0.3 is 10.1 Å². The van der Waals surface area contributed by atoms with Crippen LogP contribution in [-0.4, -0.2) is 51.1 Å². The Morgan fingerprint density at radius 3 is 2.43 bits per heavy atom. The smallest absolute Gasteiger partial charge is 0.339 e. The lowest BCUT2D eigenvalue weighted by atomic mass is 10.1. The number of hydrogen-bond donors (Lipinski definition) is 1. The molecule has 0 radical (unpaired) electrons. The number of rotatable bonds is 8. The number of sulfonamides is 1. The highest BCUT2D eigenvalue weighted by molar-refractivity contribution is 7.88. The van der Waals surface area contributed by atoms with E-state index in [4.69, 9.17) is 0 Å². The largest absolute Gasteiger partial charge is 0.465 e. The van der Waals surface area contributed by atoms with Crippen LogP contribution in [0.25, 0.3) is 0 Å². The van der Waals surface area contributed by atoms with Gasteiger partial charge >= 0.3 is 5.97 Å². The normalized spacial score (nSPS) is 11.3. The molecule has 0 spiro atoms. The molecule has 1 aromatic rings. The fourth-order valence-electron chi connectivity index (χ4n) is 2.01. The van der Waals surface area contributed by atoms with E-state index in [0.29, 0.717) is 18.7 Å². The number of carbonyl (C=O) groups excluding carboxylic acids is 2. The fraction of sp³-hybridized carbons (Fsp3) is 0.467. The minimum absolute atomic E-state index is 0.00256. The van der Waals surface area contributed by atoms with Gasteiger partial charge in [0.1, 0.15) is 0 Å². The van der Waals surface area contributed by atoms with Crippen LogP contribution in [0, 0.1) is 0 Å². The zero-order valence-electron chi connectivity index (χ0n) is 13.5. The van der Waals surface area contributed by atoms with Crippen molar-refractivity contribution < 1.29 is 22.7 Å². The lowest BCUT2D eigenvalue weighted by molar-refractivity contribution is -0.116. The summed E-state index contributed by atoms with van der Waals surface area (Å²) in [6, 6.07) is 6.47. The van der Waals surface area contributed by atoms with E-state index in [1.54, 1.807) is 24.3 Å². The average molecular weight is 342 g/mol. The Morgan fingerprint density at radius 2 is 1.87 bits per heavy atom. The number of esters is 1. The first-order valence-corrected chi connectivity index (χ1v) is 9.06. The van der Waals surface area contributed by atoms with Gasteiger partial charge in [-0.05, 0) is 18.6 Å². The molecule has 1 amide bonds. The Kier molecular flexibility index (Phi) is 7.18. The first-order valence-electron chi connectivity index (χ1n) is 7.22. The second-order valence-corrected chi connectivity index (χ2v) is 6.98. The second kappa shape index (κ2) is 8.64. The third-order valence-electron chi connectivity index (χ3n) is 3.14. The molecule has 23 heavy (non-hydrogen) atoms. The maximum absolute atomic E-state index is 12.0. The van der Waals surface area contributed by atoms with Crippen LogP contribution >= 0.6 is 0 Å². The minimum Gasteiger partial charge on any atom is -0.465 e. The van der Waals surface area contributed by atoms with Crippen molar-refractivity contribution in [2.45, 2.75) is 19.8 Å². The standard InChI is InChI=1S/C15H22N2O5S/c1-4-10-17(23(3,20)21)11-9-14(18)16-13-8-6-5-7-12(13)15(19)22-2/h5-8H,4,9-11H2,1-3H3,(H,16,18). The SMILES string of the molecule is CCCN(CCC(=O)Nc1ccccc1C(=O)OC)S(C)(=O)=O. The molecule has 1 aromatic carbocycles. The van der Waals surface area contributed by atoms with E-state index >= 15 is 0 Å². The number of ether oxygens (including phenoxy) is 1. The molecule has 0 unspecified atom stereocenters. The van der Waals surface area contributed by atoms with Gasteiger partial charge in [0.2, 0.25) is 15.9 Å². The van der Waals surface area contributed by atoms with Gasteiger partial charge in [-0.15, -0.1) is 0 Å². The number of carbonyl (C=O) groups is 2. The van der Waals surface area contributed by atoms with Gasteiger partial charge in [0.25, 0.3) is 0 Å². The molecule has 0 atom stereocenters. The molecule has 0 aromatic heterocycles. The zero-order valence-corrected chi connectivity index (χ0v) is 14.4. The summed E-state index contributed by atoms with van der Waals surface area (Å²) < 4.78 is 29.1. The van der Waals surface area contributed by atoms with Crippen LogP contribution in [0.4, 0.5) is 5.69 Å². The van der Waals surface area contributed by atoms with Crippen LogP contribution in [0.5, 0.6) is 0 Å². The molecule has 0 bridgehead atoms. The lowest BCUT2D eigenvalue weighted by Crippen LogP contribution is -2.33. The fourth-order valence-corrected chi connectivity index (χ4v) is 2.95. The predicted octanol–water partition coefficient (Wildman–Crippen LogP) is 1.47. The third kappa shape index (κ3) is 5.99. The van der Waals surface area contributed by atoms with Crippen LogP contribution in [0.1, 0.15) is 30.1 Å². The summed E-state index contributed by atoms with van der Waals surface area (Å²) in [6.07, 6.45) is 1.79. The van der Waals surface area contributed by atoms with Gasteiger partial charge in [-0.2, -0.15) is 0 Å². The third-order valence-corrected chi connectivity index (χ3v) is 4.44. The molecule has 0 aliphatic carbocycles. The molecule has 7 nitrogen and oxygen atoms in total. The molecular weight excluding hydrogens is 320 g/mol. The van der Waals surface area contributed by atoms with E-state index in [-0.39, 0.29) is 24.4 Å². The van der Waals surface area contributed by atoms with E-state index in [1.165, 1.54) is 11.4 Å². The van der Waals surface area contributed by atoms with Crippen molar-refractivity contribution in [2.75, 3.05) is 31.8 Å². The lowest BCUT2D eigenvalue weighted by Gasteiger charge is -2.18. The predicted molar refractivity (Wildman–Crippen MR) is 87.7 cm³/mol. The van der Waals surface area contributed by atoms with Crippen molar-refractivity contribution in [3.8, 4) is 0 Å². The molecular formula is C15H22N2O5S. The number of hydrogen-bond acceptors (Lipinski definition) is 5. The molecule has 1 rings (SSSR count). The van der Waals surface area contributed by atoms with Crippen LogP contribution in [0.2, 0.25) is 0 Å². The summed E-state index contributed by atoms with van der Waals surface area (Å²) in [7, 11) is -2.08. The number of nitrogens with zero attached hydrogens (tertiary/aromatic N) is 1. The summed E-state index contributed by atoms with van der Waals surface area (Å²) in [6.45, 7) is 2.33. The molecule has 8 heteroatoms. The van der Waals surface area contributed by atoms with Gasteiger partial charge in [-0.25, -0.2) is 17.5 Å². The molecule has 0 saturated carbocycles. The average Bonchev–Trinajstić information content (AvgIpc) is 2.50. The van der Waals surface area contributed by atoms with Gasteiger partial charge in [0.15, 0.2) is 0 Å². The molecule has 0 fully saturated rings. The van der Waals surface area contributed by atoms with Crippen molar-refractivity contribution in [1.82, 2.24) is 4.31 Å². The van der Waals surface area contributed by atoms with E-state index < -0.39 is 16.0 Å². The van der Waals surface area contributed by atoms with Crippen molar-refractivity contribution in [3.63, 3.8) is 0 Å². The van der Waals surface area contributed by atoms with Gasteiger partial charge in [-0.3, -0.25) is 4.79 Å². The van der Waals surface area contributed by atoms with Crippen molar-refractivity contribution in [2.24, 2.45) is 0 Å². The topological polar surface area (TPSA) is 92.8 Å². The maximum Gasteiger partial charge on any atom is 0.339 e. The summed E-state index contributed by atoms with van der Waals surface area (Å²) in [5, 5.41) is 2.61. The first kappa shape index (κ1) is 19.1. The quantitative estimate of drug-likeness (QED) is 0.722. The number of para-hydroxylation sites is 1. The molecule has 0 heterocycles. The number of amides is 1. The molecule has 128 valence electrons. The molecule has 0 aliphatic heterocycles. The summed E-state index contributed by atoms with van der Waals surface area (Å²) in [4.78, 5) is 23.7. The molecule has 0 saturated heterocycles. The summed E-state index contributed by atoms with van der Waals surface area (Å²) >= 11 is 0. The highest BCUT2D eigenvalue weighted by Gasteiger charge is 2.18. The Hall–Kier alpha value is -1.93. The van der Waals surface area contributed by atoms with Crippen LogP contribution in [-0.2, 0) is 19.6 Å². The summed E-state index contributed by atoms with van der Waals surface area (Å²) in [5.41, 5.74) is 0.586. The number of anilines is 1. The Bertz CT molecular complexity index is 658.